The normalized spacial score (nSPS) is 27.3. The van der Waals surface area contributed by atoms with E-state index in [1.165, 1.54) is 6.08 Å². The van der Waals surface area contributed by atoms with Crippen LogP contribution in [0.3, 0.4) is 0 Å². The number of fused-ring (bicyclic) bond motifs is 2. The molecule has 1 saturated heterocycles. The second kappa shape index (κ2) is 4.50. The molecule has 19 heavy (non-hydrogen) atoms. The molecule has 104 valence electrons. The van der Waals surface area contributed by atoms with E-state index in [2.05, 4.69) is 4.84 Å². The fourth-order valence-electron chi connectivity index (χ4n) is 2.24. The molecular formula is C10H12FN3O5. The van der Waals surface area contributed by atoms with Gasteiger partial charge < -0.3 is 15.7 Å². The lowest BCUT2D eigenvalue weighted by molar-refractivity contribution is -0.219. The zero-order valence-electron chi connectivity index (χ0n) is 9.95. The van der Waals surface area contributed by atoms with Crippen LogP contribution in [-0.2, 0) is 14.4 Å². The minimum absolute atomic E-state index is 0.0934. The summed E-state index contributed by atoms with van der Waals surface area (Å²) in [6.45, 7) is 1.70. The number of aliphatic carboxylic acids is 1. The van der Waals surface area contributed by atoms with Crippen LogP contribution in [0.4, 0.5) is 9.18 Å². The van der Waals surface area contributed by atoms with Crippen LogP contribution in [0.15, 0.2) is 11.6 Å². The first kappa shape index (κ1) is 13.3. The maximum absolute atomic E-state index is 13.0. The van der Waals surface area contributed by atoms with Crippen molar-refractivity contribution in [3.63, 3.8) is 0 Å². The first-order valence-corrected chi connectivity index (χ1v) is 5.44. The Hall–Kier alpha value is -2.16. The Morgan fingerprint density at radius 3 is 2.79 bits per heavy atom. The molecule has 0 aromatic carbocycles. The number of carboxylic acid groups (broad SMARTS) is 1. The van der Waals surface area contributed by atoms with Crippen LogP contribution in [0.1, 0.15) is 6.92 Å². The Labute approximate surface area is 107 Å². The lowest BCUT2D eigenvalue weighted by Crippen LogP contribution is -2.48. The summed E-state index contributed by atoms with van der Waals surface area (Å²) in [4.78, 5) is 39.2. The number of amides is 3. The number of hydrogen-bond donors (Lipinski definition) is 2. The van der Waals surface area contributed by atoms with Crippen LogP contribution in [0, 0.1) is 0 Å². The van der Waals surface area contributed by atoms with Gasteiger partial charge in [0.15, 0.2) is 0 Å². The van der Waals surface area contributed by atoms with Gasteiger partial charge in [0.25, 0.3) is 0 Å². The highest BCUT2D eigenvalue weighted by atomic mass is 19.1. The van der Waals surface area contributed by atoms with Gasteiger partial charge in [0, 0.05) is 0 Å². The fraction of sp³-hybridized carbons (Fsp3) is 0.500. The molecule has 9 heteroatoms. The Morgan fingerprint density at radius 2 is 2.26 bits per heavy atom. The average Bonchev–Trinajstić information content (AvgIpc) is 2.54. The minimum atomic E-state index is -2.65. The van der Waals surface area contributed by atoms with Crippen molar-refractivity contribution < 1.29 is 28.7 Å². The molecule has 2 bridgehead atoms. The van der Waals surface area contributed by atoms with Crippen molar-refractivity contribution in [1.29, 1.82) is 0 Å². The van der Waals surface area contributed by atoms with Gasteiger partial charge in [-0.25, -0.2) is 18.8 Å². The van der Waals surface area contributed by atoms with E-state index in [4.69, 9.17) is 10.8 Å². The monoisotopic (exact) mass is 273 g/mol. The molecule has 0 spiro atoms. The van der Waals surface area contributed by atoms with Crippen molar-refractivity contribution in [2.75, 3.05) is 6.54 Å². The SMILES string of the molecule is CC1=C[C@@H]2CN(C(=O)N2O[C@H](F)C(=O)O)[C@@H]1C(N)=O. The molecule has 3 N–H and O–H groups in total. The maximum atomic E-state index is 13.0. The third-order valence-electron chi connectivity index (χ3n) is 2.99. The van der Waals surface area contributed by atoms with E-state index in [1.54, 1.807) is 6.92 Å². The largest absolute Gasteiger partial charge is 0.477 e. The Kier molecular flexibility index (Phi) is 3.14. The molecule has 3 amide bonds. The Bertz CT molecular complexity index is 480. The quantitative estimate of drug-likeness (QED) is 0.652. The minimum Gasteiger partial charge on any atom is -0.477 e. The number of carbonyl (C=O) groups is 3. The second-order valence-corrected chi connectivity index (χ2v) is 4.30. The molecule has 8 nitrogen and oxygen atoms in total. The van der Waals surface area contributed by atoms with E-state index in [0.29, 0.717) is 10.6 Å². The third kappa shape index (κ3) is 2.12. The van der Waals surface area contributed by atoms with Crippen molar-refractivity contribution in [1.82, 2.24) is 9.96 Å². The van der Waals surface area contributed by atoms with Gasteiger partial charge in [0.05, 0.1) is 12.6 Å². The first-order valence-electron chi connectivity index (χ1n) is 5.44. The highest BCUT2D eigenvalue weighted by Crippen LogP contribution is 2.29. The predicted octanol–water partition coefficient (Wildman–Crippen LogP) is -0.782. The van der Waals surface area contributed by atoms with Gasteiger partial charge in [-0.15, -0.1) is 0 Å². The number of nitrogens with two attached hydrogens (primary N) is 1. The summed E-state index contributed by atoms with van der Waals surface area (Å²) >= 11 is 0. The summed E-state index contributed by atoms with van der Waals surface area (Å²) in [6, 6.07) is -2.34. The van der Waals surface area contributed by atoms with Gasteiger partial charge in [-0.2, -0.15) is 5.06 Å². The van der Waals surface area contributed by atoms with Gasteiger partial charge in [-0.3, -0.25) is 4.79 Å². The summed E-state index contributed by atoms with van der Waals surface area (Å²) in [5.74, 6) is -2.55. The molecule has 2 aliphatic heterocycles. The van der Waals surface area contributed by atoms with Crippen LogP contribution < -0.4 is 5.73 Å². The van der Waals surface area contributed by atoms with Crippen molar-refractivity contribution in [2.45, 2.75) is 25.4 Å². The van der Waals surface area contributed by atoms with E-state index in [-0.39, 0.29) is 6.54 Å². The van der Waals surface area contributed by atoms with Gasteiger partial charge in [-0.1, -0.05) is 6.08 Å². The highest BCUT2D eigenvalue weighted by molar-refractivity contribution is 5.90. The fourth-order valence-corrected chi connectivity index (χ4v) is 2.24. The number of alkyl halides is 1. The maximum Gasteiger partial charge on any atom is 0.368 e. The number of carbonyl (C=O) groups excluding carboxylic acids is 2. The average molecular weight is 273 g/mol. The number of carboxylic acids is 1. The summed E-state index contributed by atoms with van der Waals surface area (Å²) in [5.41, 5.74) is 5.73. The van der Waals surface area contributed by atoms with Crippen LogP contribution >= 0.6 is 0 Å². The highest BCUT2D eigenvalue weighted by Gasteiger charge is 2.48. The number of primary amides is 1. The second-order valence-electron chi connectivity index (χ2n) is 4.30. The molecule has 0 radical (unpaired) electrons. The van der Waals surface area contributed by atoms with Crippen LogP contribution in [0.25, 0.3) is 0 Å². The molecule has 2 rings (SSSR count). The van der Waals surface area contributed by atoms with Gasteiger partial charge in [-0.05, 0) is 12.5 Å². The molecule has 0 aromatic heterocycles. The van der Waals surface area contributed by atoms with E-state index in [9.17, 15) is 18.8 Å². The standard InChI is InChI=1S/C10H12FN3O5/c1-4-2-5-3-13(6(4)8(12)15)10(18)14(5)19-7(11)9(16)17/h2,5-7H,3H2,1H3,(H2,12,15)(H,16,17)/t5-,6+,7+/m1/s1. The number of hydroxylamine groups is 2. The van der Waals surface area contributed by atoms with Crippen LogP contribution in [0.2, 0.25) is 0 Å². The van der Waals surface area contributed by atoms with Crippen molar-refractivity contribution >= 4 is 17.9 Å². The number of hydrogen-bond acceptors (Lipinski definition) is 4. The molecule has 3 atom stereocenters. The molecule has 2 aliphatic rings. The summed E-state index contributed by atoms with van der Waals surface area (Å²) in [5, 5.41) is 9.04. The van der Waals surface area contributed by atoms with E-state index in [1.807, 2.05) is 0 Å². The Balaban J connectivity index is 2.22. The Morgan fingerprint density at radius 1 is 1.63 bits per heavy atom. The molecular weight excluding hydrogens is 261 g/mol. The summed E-state index contributed by atoms with van der Waals surface area (Å²) in [7, 11) is 0. The molecule has 0 saturated carbocycles. The van der Waals surface area contributed by atoms with E-state index < -0.39 is 36.3 Å². The topological polar surface area (TPSA) is 113 Å². The summed E-state index contributed by atoms with van der Waals surface area (Å²) in [6.07, 6.45) is -1.11. The van der Waals surface area contributed by atoms with Crippen LogP contribution in [-0.4, -0.2) is 58.0 Å². The smallest absolute Gasteiger partial charge is 0.368 e. The van der Waals surface area contributed by atoms with Crippen molar-refractivity contribution in [3.8, 4) is 0 Å². The molecule has 0 aliphatic carbocycles. The van der Waals surface area contributed by atoms with Crippen molar-refractivity contribution in [2.24, 2.45) is 5.73 Å². The van der Waals surface area contributed by atoms with Crippen molar-refractivity contribution in [3.05, 3.63) is 11.6 Å². The van der Waals surface area contributed by atoms with Gasteiger partial charge in [0.2, 0.25) is 5.91 Å². The number of rotatable bonds is 4. The predicted molar refractivity (Wildman–Crippen MR) is 58.1 cm³/mol. The lowest BCUT2D eigenvalue weighted by Gasteiger charge is -2.27. The molecule has 1 fully saturated rings. The first-order chi connectivity index (χ1) is 8.82. The third-order valence-corrected chi connectivity index (χ3v) is 2.99. The molecule has 2 heterocycles. The summed E-state index contributed by atoms with van der Waals surface area (Å²) < 4.78 is 13.0. The number of halogens is 1. The van der Waals surface area contributed by atoms with Gasteiger partial charge in [0.1, 0.15) is 6.04 Å². The zero-order chi connectivity index (χ0) is 14.3. The lowest BCUT2D eigenvalue weighted by atomic mass is 10.0. The molecule has 0 aromatic rings. The molecule has 0 unspecified atom stereocenters. The van der Waals surface area contributed by atoms with E-state index >= 15 is 0 Å². The number of nitrogens with zero attached hydrogens (tertiary/aromatic N) is 2. The van der Waals surface area contributed by atoms with Crippen LogP contribution in [0.5, 0.6) is 0 Å². The van der Waals surface area contributed by atoms with Gasteiger partial charge >= 0.3 is 18.4 Å². The zero-order valence-corrected chi connectivity index (χ0v) is 9.95. The van der Waals surface area contributed by atoms with E-state index in [0.717, 1.165) is 4.90 Å². The number of urea groups is 1.